The topological polar surface area (TPSA) is 162 Å². The summed E-state index contributed by atoms with van der Waals surface area (Å²) in [7, 11) is 1.47. The lowest BCUT2D eigenvalue weighted by atomic mass is 10.1. The summed E-state index contributed by atoms with van der Waals surface area (Å²) in [5, 5.41) is 22.9. The fourth-order valence-electron chi connectivity index (χ4n) is 3.14. The van der Waals surface area contributed by atoms with Gasteiger partial charge in [-0.2, -0.15) is 4.52 Å². The zero-order valence-corrected chi connectivity index (χ0v) is 17.7. The van der Waals surface area contributed by atoms with Crippen LogP contribution in [0.15, 0.2) is 53.6 Å². The van der Waals surface area contributed by atoms with Crippen molar-refractivity contribution in [2.75, 3.05) is 7.11 Å². The Morgan fingerprint density at radius 1 is 1.21 bits per heavy atom. The first kappa shape index (κ1) is 22.2. The van der Waals surface area contributed by atoms with Crippen molar-refractivity contribution >= 4 is 29.6 Å². The molecule has 34 heavy (non-hydrogen) atoms. The molecule has 0 aliphatic rings. The minimum absolute atomic E-state index is 0.00738. The maximum atomic E-state index is 12.4. The second kappa shape index (κ2) is 9.24. The minimum atomic E-state index is -1.01. The Bertz CT molecular complexity index is 1470. The van der Waals surface area contributed by atoms with Gasteiger partial charge < -0.3 is 14.6 Å². The fourth-order valence-corrected chi connectivity index (χ4v) is 3.14. The molecule has 12 nitrogen and oxygen atoms in total. The number of aromatic nitrogens is 4. The highest BCUT2D eigenvalue weighted by atomic mass is 16.6. The molecule has 0 saturated carbocycles. The third-order valence-electron chi connectivity index (χ3n) is 4.83. The maximum Gasteiger partial charge on any atom is 0.361 e. The van der Waals surface area contributed by atoms with Crippen molar-refractivity contribution in [3.63, 3.8) is 0 Å². The summed E-state index contributed by atoms with van der Waals surface area (Å²) in [6, 6.07) is 11.3. The van der Waals surface area contributed by atoms with Gasteiger partial charge in [0.25, 0.3) is 5.78 Å². The number of fused-ring (bicyclic) bond motifs is 1. The van der Waals surface area contributed by atoms with Gasteiger partial charge in [-0.25, -0.2) is 14.8 Å². The van der Waals surface area contributed by atoms with Crippen molar-refractivity contribution < 1.29 is 24.3 Å². The summed E-state index contributed by atoms with van der Waals surface area (Å²) >= 11 is 0. The first-order chi connectivity index (χ1) is 16.4. The lowest BCUT2D eigenvalue weighted by Gasteiger charge is -2.11. The van der Waals surface area contributed by atoms with Crippen LogP contribution in [0, 0.1) is 10.1 Å². The number of ether oxygens (including phenoxy) is 2. The standard InChI is InChI=1S/C22H17N5O7/c1-33-18-10-13(5-9-17(18)34-11-14-2-6-15(7-3-14)21(29)30)4-8-16-19(27(31)32)20(28)26-22(25-16)23-12-24-26/h2-10,12H,11H2,1H3,(H,29,30)(H,23,24,25)/b8-4+. The number of hydrogen-bond donors (Lipinski definition) is 2. The molecule has 0 unspecified atom stereocenters. The van der Waals surface area contributed by atoms with Gasteiger partial charge in [-0.1, -0.05) is 24.3 Å². The van der Waals surface area contributed by atoms with Crippen LogP contribution >= 0.6 is 0 Å². The molecule has 0 aliphatic heterocycles. The molecule has 4 rings (SSSR count). The van der Waals surface area contributed by atoms with E-state index in [0.717, 1.165) is 10.1 Å². The van der Waals surface area contributed by atoms with E-state index in [4.69, 9.17) is 14.6 Å². The highest BCUT2D eigenvalue weighted by Gasteiger charge is 2.22. The molecular formula is C22H17N5O7. The molecule has 0 spiro atoms. The molecule has 172 valence electrons. The molecule has 0 fully saturated rings. The zero-order chi connectivity index (χ0) is 24.2. The molecule has 12 heteroatoms. The molecule has 0 amide bonds. The Hall–Kier alpha value is -5.00. The van der Waals surface area contributed by atoms with Crippen LogP contribution in [0.3, 0.4) is 0 Å². The Morgan fingerprint density at radius 3 is 2.65 bits per heavy atom. The quantitative estimate of drug-likeness (QED) is 0.295. The largest absolute Gasteiger partial charge is 0.493 e. The number of carbonyl (C=O) groups is 1. The van der Waals surface area contributed by atoms with Crippen molar-refractivity contribution in [1.82, 2.24) is 19.6 Å². The first-order valence-corrected chi connectivity index (χ1v) is 9.79. The molecule has 2 aromatic heterocycles. The monoisotopic (exact) mass is 463 g/mol. The summed E-state index contributed by atoms with van der Waals surface area (Å²) in [6.07, 6.45) is 4.12. The minimum Gasteiger partial charge on any atom is -0.493 e. The lowest BCUT2D eigenvalue weighted by molar-refractivity contribution is -0.386. The summed E-state index contributed by atoms with van der Waals surface area (Å²) in [5.41, 5.74) is -0.112. The molecule has 2 heterocycles. The molecule has 0 atom stereocenters. The fraction of sp³-hybridized carbons (Fsp3) is 0.0909. The van der Waals surface area contributed by atoms with Gasteiger partial charge >= 0.3 is 17.2 Å². The number of carboxylic acids is 1. The molecule has 0 aliphatic carbocycles. The van der Waals surface area contributed by atoms with E-state index < -0.39 is 22.1 Å². The van der Waals surface area contributed by atoms with E-state index in [2.05, 4.69) is 15.1 Å². The molecule has 2 aromatic carbocycles. The Kier molecular flexibility index (Phi) is 6.03. The van der Waals surface area contributed by atoms with Gasteiger partial charge in [0, 0.05) is 0 Å². The van der Waals surface area contributed by atoms with E-state index >= 15 is 0 Å². The van der Waals surface area contributed by atoms with Crippen LogP contribution in [0.5, 0.6) is 11.5 Å². The highest BCUT2D eigenvalue weighted by molar-refractivity contribution is 5.87. The van der Waals surface area contributed by atoms with E-state index in [1.807, 2.05) is 0 Å². The second-order valence-electron chi connectivity index (χ2n) is 6.97. The maximum absolute atomic E-state index is 12.4. The molecule has 4 aromatic rings. The summed E-state index contributed by atoms with van der Waals surface area (Å²) in [6.45, 7) is 0.190. The van der Waals surface area contributed by atoms with Gasteiger partial charge in [0.15, 0.2) is 17.2 Å². The first-order valence-electron chi connectivity index (χ1n) is 9.79. The van der Waals surface area contributed by atoms with Crippen molar-refractivity contribution in [3.8, 4) is 11.5 Å². The number of nitrogens with zero attached hydrogens (tertiary/aromatic N) is 4. The van der Waals surface area contributed by atoms with Crippen LogP contribution in [0.1, 0.15) is 27.2 Å². The SMILES string of the molecule is COc1cc(/C=C/c2nc3nc[nH]n3c(=O)c2[N+](=O)[O-])ccc1OCc1ccc(C(=O)O)cc1. The van der Waals surface area contributed by atoms with Gasteiger partial charge in [0.1, 0.15) is 12.9 Å². The summed E-state index contributed by atoms with van der Waals surface area (Å²) < 4.78 is 12.1. The van der Waals surface area contributed by atoms with Gasteiger partial charge in [-0.05, 0) is 41.5 Å². The van der Waals surface area contributed by atoms with E-state index in [0.29, 0.717) is 17.1 Å². The zero-order valence-electron chi connectivity index (χ0n) is 17.7. The third-order valence-corrected chi connectivity index (χ3v) is 4.83. The Balaban J connectivity index is 1.56. The van der Waals surface area contributed by atoms with Crippen LogP contribution in [0.25, 0.3) is 17.9 Å². The number of hydrogen-bond acceptors (Lipinski definition) is 8. The normalized spacial score (nSPS) is 11.1. The third kappa shape index (κ3) is 4.46. The van der Waals surface area contributed by atoms with Crippen LogP contribution in [0.4, 0.5) is 5.69 Å². The molecular weight excluding hydrogens is 446 g/mol. The number of methoxy groups -OCH3 is 1. The molecule has 2 N–H and O–H groups in total. The number of aromatic amines is 1. The van der Waals surface area contributed by atoms with Crippen molar-refractivity contribution in [1.29, 1.82) is 0 Å². The number of carboxylic acid groups (broad SMARTS) is 1. The average Bonchev–Trinajstić information content (AvgIpc) is 3.30. The predicted octanol–water partition coefficient (Wildman–Crippen LogP) is 2.78. The Labute approximate surface area is 190 Å². The van der Waals surface area contributed by atoms with Crippen molar-refractivity contribution in [2.45, 2.75) is 6.61 Å². The second-order valence-corrected chi connectivity index (χ2v) is 6.97. The number of aromatic carboxylic acids is 1. The van der Waals surface area contributed by atoms with Crippen LogP contribution < -0.4 is 15.0 Å². The number of nitrogens with one attached hydrogen (secondary N) is 1. The van der Waals surface area contributed by atoms with E-state index in [9.17, 15) is 19.7 Å². The lowest BCUT2D eigenvalue weighted by Crippen LogP contribution is -2.20. The van der Waals surface area contributed by atoms with Crippen LogP contribution in [0.2, 0.25) is 0 Å². The van der Waals surface area contributed by atoms with Crippen molar-refractivity contribution in [2.24, 2.45) is 0 Å². The number of rotatable bonds is 8. The molecule has 0 bridgehead atoms. The van der Waals surface area contributed by atoms with E-state index in [-0.39, 0.29) is 23.6 Å². The predicted molar refractivity (Wildman–Crippen MR) is 120 cm³/mol. The van der Waals surface area contributed by atoms with Gasteiger partial charge in [0.2, 0.25) is 0 Å². The number of benzene rings is 2. The van der Waals surface area contributed by atoms with Crippen LogP contribution in [-0.2, 0) is 6.61 Å². The highest BCUT2D eigenvalue weighted by Crippen LogP contribution is 2.30. The number of nitro groups is 1. The summed E-state index contributed by atoms with van der Waals surface area (Å²) in [5.74, 6) is -0.141. The molecule has 0 saturated heterocycles. The number of H-pyrrole nitrogens is 1. The van der Waals surface area contributed by atoms with Crippen LogP contribution in [-0.4, -0.2) is 42.7 Å². The Morgan fingerprint density at radius 2 is 1.97 bits per heavy atom. The van der Waals surface area contributed by atoms with Gasteiger partial charge in [-0.3, -0.25) is 20.0 Å². The summed E-state index contributed by atoms with van der Waals surface area (Å²) in [4.78, 5) is 41.9. The van der Waals surface area contributed by atoms with E-state index in [1.54, 1.807) is 36.4 Å². The van der Waals surface area contributed by atoms with E-state index in [1.165, 1.54) is 31.6 Å². The van der Waals surface area contributed by atoms with Gasteiger partial charge in [0.05, 0.1) is 17.6 Å². The molecule has 0 radical (unpaired) electrons. The average molecular weight is 463 g/mol. The smallest absolute Gasteiger partial charge is 0.361 e. The van der Waals surface area contributed by atoms with Crippen molar-refractivity contribution in [3.05, 3.63) is 91.6 Å². The van der Waals surface area contributed by atoms with Gasteiger partial charge in [-0.15, -0.1) is 0 Å².